The second-order valence-electron chi connectivity index (χ2n) is 5.99. The van der Waals surface area contributed by atoms with Gasteiger partial charge in [-0.05, 0) is 55.5 Å². The van der Waals surface area contributed by atoms with Crippen molar-refractivity contribution in [3.05, 3.63) is 71.0 Å². The Labute approximate surface area is 177 Å². The number of aromatic nitrogens is 2. The Bertz CT molecular complexity index is 1040. The Morgan fingerprint density at radius 1 is 1.00 bits per heavy atom. The molecule has 9 nitrogen and oxygen atoms in total. The Balaban J connectivity index is 1.66. The van der Waals surface area contributed by atoms with Gasteiger partial charge in [0, 0.05) is 16.3 Å². The number of benzene rings is 2. The van der Waals surface area contributed by atoms with Crippen LogP contribution in [0.5, 0.6) is 0 Å². The topological polar surface area (TPSA) is 131 Å². The molecule has 0 aliphatic carbocycles. The van der Waals surface area contributed by atoms with Crippen LogP contribution < -0.4 is 21.9 Å². The largest absolute Gasteiger partial charge is 0.462 e. The van der Waals surface area contributed by atoms with Crippen LogP contribution in [-0.2, 0) is 4.74 Å². The van der Waals surface area contributed by atoms with Crippen molar-refractivity contribution in [2.24, 2.45) is 0 Å². The average molecular weight is 427 g/mol. The monoisotopic (exact) mass is 426 g/mol. The molecule has 0 unspecified atom stereocenters. The van der Waals surface area contributed by atoms with Gasteiger partial charge in [0.15, 0.2) is 11.6 Å². The molecule has 10 heteroatoms. The van der Waals surface area contributed by atoms with E-state index in [-0.39, 0.29) is 17.4 Å². The first kappa shape index (κ1) is 20.9. The fraction of sp³-hybridized carbons (Fsp3) is 0.100. The number of esters is 1. The minimum atomic E-state index is -0.395. The smallest absolute Gasteiger partial charge is 0.338 e. The summed E-state index contributed by atoms with van der Waals surface area (Å²) in [6.07, 6.45) is 1.29. The van der Waals surface area contributed by atoms with Gasteiger partial charge in [-0.15, -0.1) is 0 Å². The molecule has 0 bridgehead atoms. The van der Waals surface area contributed by atoms with Gasteiger partial charge in [0.2, 0.25) is 0 Å². The predicted molar refractivity (Wildman–Crippen MR) is 115 cm³/mol. The third kappa shape index (κ3) is 5.15. The van der Waals surface area contributed by atoms with Crippen LogP contribution in [0.2, 0.25) is 5.02 Å². The molecule has 0 saturated carbocycles. The number of hydrogen-bond acceptors (Lipinski definition) is 8. The number of ether oxygens (including phenoxy) is 1. The van der Waals surface area contributed by atoms with E-state index in [1.165, 1.54) is 6.33 Å². The highest BCUT2D eigenvalue weighted by Gasteiger charge is 2.11. The summed E-state index contributed by atoms with van der Waals surface area (Å²) in [4.78, 5) is 32.1. The van der Waals surface area contributed by atoms with Crippen LogP contribution in [0, 0.1) is 0 Å². The Hall–Kier alpha value is -3.85. The van der Waals surface area contributed by atoms with E-state index < -0.39 is 5.97 Å². The molecular formula is C20H19ClN6O3. The maximum absolute atomic E-state index is 12.2. The molecule has 0 saturated heterocycles. The van der Waals surface area contributed by atoms with Gasteiger partial charge in [-0.3, -0.25) is 15.6 Å². The highest BCUT2D eigenvalue weighted by atomic mass is 35.5. The summed E-state index contributed by atoms with van der Waals surface area (Å²) in [6.45, 7) is 2.05. The summed E-state index contributed by atoms with van der Waals surface area (Å²) in [5.74, 6) is -0.225. The zero-order valence-electron chi connectivity index (χ0n) is 16.0. The molecule has 0 radical (unpaired) electrons. The van der Waals surface area contributed by atoms with Crippen LogP contribution in [0.4, 0.5) is 23.0 Å². The summed E-state index contributed by atoms with van der Waals surface area (Å²) in [7, 11) is 0. The molecule has 2 aromatic carbocycles. The minimum Gasteiger partial charge on any atom is -0.462 e. The first-order chi connectivity index (χ1) is 14.5. The molecule has 0 aliphatic heterocycles. The second kappa shape index (κ2) is 9.57. The summed E-state index contributed by atoms with van der Waals surface area (Å²) in [5, 5.41) is 3.57. The number of anilines is 4. The van der Waals surface area contributed by atoms with Gasteiger partial charge >= 0.3 is 5.97 Å². The lowest BCUT2D eigenvalue weighted by molar-refractivity contribution is 0.0526. The maximum Gasteiger partial charge on any atom is 0.338 e. The Morgan fingerprint density at radius 2 is 1.63 bits per heavy atom. The Kier molecular flexibility index (Phi) is 6.66. The van der Waals surface area contributed by atoms with Gasteiger partial charge in [0.05, 0.1) is 12.2 Å². The third-order valence-electron chi connectivity index (χ3n) is 3.94. The van der Waals surface area contributed by atoms with Crippen molar-refractivity contribution in [3.8, 4) is 0 Å². The molecule has 5 N–H and O–H groups in total. The van der Waals surface area contributed by atoms with Crippen molar-refractivity contribution < 1.29 is 14.3 Å². The summed E-state index contributed by atoms with van der Waals surface area (Å²) in [5.41, 5.74) is 13.0. The summed E-state index contributed by atoms with van der Waals surface area (Å²) in [6, 6.07) is 13.1. The van der Waals surface area contributed by atoms with Crippen LogP contribution in [0.25, 0.3) is 0 Å². The van der Waals surface area contributed by atoms with Crippen LogP contribution >= 0.6 is 11.6 Å². The van der Waals surface area contributed by atoms with Gasteiger partial charge in [-0.1, -0.05) is 11.6 Å². The lowest BCUT2D eigenvalue weighted by Gasteiger charge is -2.13. The lowest BCUT2D eigenvalue weighted by Crippen LogP contribution is -2.30. The van der Waals surface area contributed by atoms with Crippen molar-refractivity contribution in [2.75, 3.05) is 23.1 Å². The SMILES string of the molecule is CCOC(=O)c1ccc(Nc2ncnc(NNC(=O)c3ccc(Cl)cc3)c2N)cc1. The molecule has 3 rings (SSSR count). The number of carbonyl (C=O) groups is 2. The summed E-state index contributed by atoms with van der Waals surface area (Å²) < 4.78 is 4.96. The third-order valence-corrected chi connectivity index (χ3v) is 4.20. The number of nitrogen functional groups attached to an aromatic ring is 1. The van der Waals surface area contributed by atoms with E-state index in [0.717, 1.165) is 0 Å². The molecule has 0 aliphatic rings. The quantitative estimate of drug-likeness (QED) is 0.334. The van der Waals surface area contributed by atoms with Crippen LogP contribution in [0.3, 0.4) is 0 Å². The van der Waals surface area contributed by atoms with Gasteiger partial charge in [-0.2, -0.15) is 0 Å². The number of halogens is 1. The van der Waals surface area contributed by atoms with Crippen molar-refractivity contribution in [1.82, 2.24) is 15.4 Å². The molecule has 1 amide bonds. The van der Waals surface area contributed by atoms with E-state index in [4.69, 9.17) is 22.1 Å². The van der Waals surface area contributed by atoms with Gasteiger partial charge in [0.1, 0.15) is 12.0 Å². The predicted octanol–water partition coefficient (Wildman–Crippen LogP) is 3.39. The number of nitrogens with zero attached hydrogens (tertiary/aromatic N) is 2. The first-order valence-corrected chi connectivity index (χ1v) is 9.32. The Morgan fingerprint density at radius 3 is 2.30 bits per heavy atom. The van der Waals surface area contributed by atoms with E-state index in [9.17, 15) is 9.59 Å². The van der Waals surface area contributed by atoms with Crippen molar-refractivity contribution in [2.45, 2.75) is 6.92 Å². The van der Waals surface area contributed by atoms with Crippen molar-refractivity contribution in [1.29, 1.82) is 0 Å². The highest BCUT2D eigenvalue weighted by Crippen LogP contribution is 2.25. The number of nitrogens with two attached hydrogens (primary N) is 1. The first-order valence-electron chi connectivity index (χ1n) is 8.94. The van der Waals surface area contributed by atoms with Crippen molar-refractivity contribution >= 4 is 46.5 Å². The molecule has 1 heterocycles. The normalized spacial score (nSPS) is 10.2. The van der Waals surface area contributed by atoms with Gasteiger partial charge < -0.3 is 15.8 Å². The average Bonchev–Trinajstić information content (AvgIpc) is 2.75. The van der Waals surface area contributed by atoms with Gasteiger partial charge in [0.25, 0.3) is 5.91 Å². The fourth-order valence-corrected chi connectivity index (χ4v) is 2.55. The molecule has 154 valence electrons. The molecule has 0 atom stereocenters. The maximum atomic E-state index is 12.2. The number of hydrazine groups is 1. The fourth-order valence-electron chi connectivity index (χ4n) is 2.42. The zero-order valence-corrected chi connectivity index (χ0v) is 16.7. The molecule has 0 spiro atoms. The summed E-state index contributed by atoms with van der Waals surface area (Å²) >= 11 is 5.82. The van der Waals surface area contributed by atoms with Crippen LogP contribution in [0.15, 0.2) is 54.9 Å². The van der Waals surface area contributed by atoms with E-state index in [1.54, 1.807) is 55.5 Å². The molecular weight excluding hydrogens is 408 g/mol. The highest BCUT2D eigenvalue weighted by molar-refractivity contribution is 6.30. The van der Waals surface area contributed by atoms with E-state index >= 15 is 0 Å². The van der Waals surface area contributed by atoms with Gasteiger partial charge in [-0.25, -0.2) is 14.8 Å². The second-order valence-corrected chi connectivity index (χ2v) is 6.43. The molecule has 30 heavy (non-hydrogen) atoms. The standard InChI is InChI=1S/C20H19ClN6O3/c1-2-30-20(29)13-5-9-15(10-6-13)25-17-16(22)18(24-11-23-17)26-27-19(28)12-3-7-14(21)8-4-12/h3-11H,2,22H2,1H3,(H,27,28)(H2,23,24,25,26). The zero-order chi connectivity index (χ0) is 21.5. The number of rotatable bonds is 7. The number of carbonyl (C=O) groups excluding carboxylic acids is 2. The van der Waals surface area contributed by atoms with E-state index in [2.05, 4.69) is 26.1 Å². The van der Waals surface area contributed by atoms with E-state index in [1.807, 2.05) is 0 Å². The van der Waals surface area contributed by atoms with Crippen molar-refractivity contribution in [3.63, 3.8) is 0 Å². The molecule has 0 fully saturated rings. The van der Waals surface area contributed by atoms with Crippen LogP contribution in [-0.4, -0.2) is 28.5 Å². The van der Waals surface area contributed by atoms with Crippen LogP contribution in [0.1, 0.15) is 27.6 Å². The molecule has 3 aromatic rings. The lowest BCUT2D eigenvalue weighted by atomic mass is 10.2. The molecule has 1 aromatic heterocycles. The number of amides is 1. The van der Waals surface area contributed by atoms with E-state index in [0.29, 0.717) is 34.3 Å². The number of hydrogen-bond donors (Lipinski definition) is 4. The minimum absolute atomic E-state index is 0.198. The number of nitrogens with one attached hydrogen (secondary N) is 3.